The van der Waals surface area contributed by atoms with Gasteiger partial charge in [-0.1, -0.05) is 23.7 Å². The van der Waals surface area contributed by atoms with E-state index in [0.29, 0.717) is 23.9 Å². The summed E-state index contributed by atoms with van der Waals surface area (Å²) in [6, 6.07) is 13.6. The van der Waals surface area contributed by atoms with Crippen molar-refractivity contribution in [3.05, 3.63) is 59.1 Å². The third kappa shape index (κ3) is 6.35. The van der Waals surface area contributed by atoms with Gasteiger partial charge in [0.25, 0.3) is 0 Å². The summed E-state index contributed by atoms with van der Waals surface area (Å²) in [5.41, 5.74) is 1.14. The number of hydrogen-bond donors (Lipinski definition) is 1. The van der Waals surface area contributed by atoms with E-state index in [9.17, 15) is 18.3 Å². The maximum absolute atomic E-state index is 11.8. The lowest BCUT2D eigenvalue weighted by atomic mass is 10.1. The van der Waals surface area contributed by atoms with Crippen molar-refractivity contribution < 1.29 is 23.1 Å². The van der Waals surface area contributed by atoms with E-state index in [4.69, 9.17) is 16.3 Å². The molecule has 1 aliphatic heterocycles. The van der Waals surface area contributed by atoms with Crippen molar-refractivity contribution in [2.75, 3.05) is 32.5 Å². The molecule has 31 heavy (non-hydrogen) atoms. The second-order valence-corrected chi connectivity index (χ2v) is 10.3. The van der Waals surface area contributed by atoms with E-state index in [1.165, 1.54) is 17.0 Å². The van der Waals surface area contributed by atoms with Crippen LogP contribution in [0, 0.1) is 0 Å². The van der Waals surface area contributed by atoms with E-state index < -0.39 is 15.9 Å². The van der Waals surface area contributed by atoms with Gasteiger partial charge in [-0.05, 0) is 55.3 Å². The molecular weight excluding hydrogens is 440 g/mol. The van der Waals surface area contributed by atoms with Gasteiger partial charge in [-0.3, -0.25) is 9.80 Å². The molecule has 1 N–H and O–H groups in total. The Labute approximate surface area is 188 Å². The lowest BCUT2D eigenvalue weighted by Gasteiger charge is -2.43. The van der Waals surface area contributed by atoms with Gasteiger partial charge in [0.1, 0.15) is 12.4 Å². The fraction of sp³-hybridized carbons (Fsp3) is 0.409. The van der Waals surface area contributed by atoms with Crippen molar-refractivity contribution in [1.82, 2.24) is 9.80 Å². The number of carboxylic acid groups (broad SMARTS) is 1. The maximum atomic E-state index is 11.8. The molecule has 2 atom stereocenters. The van der Waals surface area contributed by atoms with Crippen molar-refractivity contribution in [1.29, 1.82) is 0 Å². The Morgan fingerprint density at radius 1 is 1.19 bits per heavy atom. The highest BCUT2D eigenvalue weighted by atomic mass is 35.5. The third-order valence-electron chi connectivity index (χ3n) is 5.49. The number of carbonyl (C=O) groups is 1. The van der Waals surface area contributed by atoms with Crippen molar-refractivity contribution in [2.45, 2.75) is 30.3 Å². The van der Waals surface area contributed by atoms with Crippen molar-refractivity contribution in [2.24, 2.45) is 0 Å². The Hall–Kier alpha value is -2.29. The molecule has 0 spiro atoms. The highest BCUT2D eigenvalue weighted by Crippen LogP contribution is 2.20. The molecule has 0 aromatic heterocycles. The van der Waals surface area contributed by atoms with Crippen LogP contribution in [0.1, 0.15) is 12.5 Å². The smallest absolute Gasteiger partial charge is 0.407 e. The molecule has 1 fully saturated rings. The topological polar surface area (TPSA) is 87.1 Å². The molecule has 1 heterocycles. The minimum Gasteiger partial charge on any atom is -0.491 e. The molecule has 1 aliphatic rings. The van der Waals surface area contributed by atoms with Gasteiger partial charge in [-0.2, -0.15) is 0 Å². The fourth-order valence-electron chi connectivity index (χ4n) is 3.73. The summed E-state index contributed by atoms with van der Waals surface area (Å²) >= 11 is 6.07. The van der Waals surface area contributed by atoms with Crippen LogP contribution in [0.25, 0.3) is 0 Å². The van der Waals surface area contributed by atoms with E-state index in [0.717, 1.165) is 24.8 Å². The van der Waals surface area contributed by atoms with Crippen LogP contribution in [0.5, 0.6) is 5.75 Å². The number of hydrogen-bond acceptors (Lipinski definition) is 5. The normalized spacial score (nSPS) is 19.9. The summed E-state index contributed by atoms with van der Waals surface area (Å²) in [4.78, 5) is 15.7. The van der Waals surface area contributed by atoms with E-state index in [1.54, 1.807) is 12.1 Å². The molecule has 2 aromatic carbocycles. The number of rotatable bonds is 7. The predicted molar refractivity (Wildman–Crippen MR) is 120 cm³/mol. The molecule has 1 saturated heterocycles. The number of halogens is 1. The van der Waals surface area contributed by atoms with Gasteiger partial charge >= 0.3 is 6.09 Å². The van der Waals surface area contributed by atoms with Gasteiger partial charge in [0, 0.05) is 37.0 Å². The SMILES string of the molecule is CC1CN(C(=O)O)C(COc2ccc(S(C)(=O)=O)cc2)CN1CCc1cccc(Cl)c1. The van der Waals surface area contributed by atoms with Crippen LogP contribution in [0.15, 0.2) is 53.4 Å². The minimum atomic E-state index is -3.28. The fourth-order valence-corrected chi connectivity index (χ4v) is 4.57. The van der Waals surface area contributed by atoms with Crippen LogP contribution in [0.2, 0.25) is 5.02 Å². The van der Waals surface area contributed by atoms with Crippen LogP contribution < -0.4 is 4.74 Å². The van der Waals surface area contributed by atoms with Crippen LogP contribution in [0.3, 0.4) is 0 Å². The first-order valence-electron chi connectivity index (χ1n) is 10.0. The summed E-state index contributed by atoms with van der Waals surface area (Å²) in [5.74, 6) is 0.502. The van der Waals surface area contributed by atoms with E-state index in [-0.39, 0.29) is 23.6 Å². The average molecular weight is 467 g/mol. The van der Waals surface area contributed by atoms with Gasteiger partial charge in [-0.25, -0.2) is 13.2 Å². The quantitative estimate of drug-likeness (QED) is 0.672. The molecule has 168 valence electrons. The monoisotopic (exact) mass is 466 g/mol. The van der Waals surface area contributed by atoms with Crippen molar-refractivity contribution in [3.63, 3.8) is 0 Å². The standard InChI is InChI=1S/C22H27ClN2O5S/c1-16-13-25(22(26)27)19(14-24(16)11-10-17-4-3-5-18(23)12-17)15-30-20-6-8-21(9-7-20)31(2,28)29/h3-9,12,16,19H,10-11,13-15H2,1-2H3,(H,26,27). The molecule has 9 heteroatoms. The molecule has 7 nitrogen and oxygen atoms in total. The molecule has 0 aliphatic carbocycles. The summed E-state index contributed by atoms with van der Waals surface area (Å²) in [6.45, 7) is 3.94. The van der Waals surface area contributed by atoms with Gasteiger partial charge in [-0.15, -0.1) is 0 Å². The number of piperazine rings is 1. The number of sulfone groups is 1. The first kappa shape index (κ1) is 23.4. The van der Waals surface area contributed by atoms with Gasteiger partial charge in [0.2, 0.25) is 0 Å². The average Bonchev–Trinajstić information content (AvgIpc) is 2.71. The first-order valence-corrected chi connectivity index (χ1v) is 12.3. The Morgan fingerprint density at radius 2 is 1.90 bits per heavy atom. The molecule has 0 saturated carbocycles. The van der Waals surface area contributed by atoms with Gasteiger partial charge < -0.3 is 9.84 Å². The van der Waals surface area contributed by atoms with Crippen LogP contribution in [0.4, 0.5) is 4.79 Å². The zero-order chi connectivity index (χ0) is 22.6. The summed E-state index contributed by atoms with van der Waals surface area (Å²) in [7, 11) is -3.28. The van der Waals surface area contributed by atoms with E-state index >= 15 is 0 Å². The zero-order valence-corrected chi connectivity index (χ0v) is 19.1. The minimum absolute atomic E-state index is 0.0839. The van der Waals surface area contributed by atoms with Crippen LogP contribution in [-0.2, 0) is 16.3 Å². The maximum Gasteiger partial charge on any atom is 0.407 e. The number of ether oxygens (including phenoxy) is 1. The predicted octanol–water partition coefficient (Wildman–Crippen LogP) is 3.42. The molecule has 1 amide bonds. The highest BCUT2D eigenvalue weighted by Gasteiger charge is 2.34. The van der Waals surface area contributed by atoms with E-state index in [2.05, 4.69) is 4.90 Å². The largest absolute Gasteiger partial charge is 0.491 e. The Morgan fingerprint density at radius 3 is 2.52 bits per heavy atom. The first-order chi connectivity index (χ1) is 14.6. The number of benzene rings is 2. The van der Waals surface area contributed by atoms with Crippen LogP contribution in [-0.4, -0.2) is 74.0 Å². The van der Waals surface area contributed by atoms with Crippen molar-refractivity contribution in [3.8, 4) is 5.75 Å². The Balaban J connectivity index is 1.64. The van der Waals surface area contributed by atoms with Crippen molar-refractivity contribution >= 4 is 27.5 Å². The molecule has 0 radical (unpaired) electrons. The second kappa shape index (κ2) is 9.89. The second-order valence-electron chi connectivity index (χ2n) is 7.87. The number of nitrogens with zero attached hydrogens (tertiary/aromatic N) is 2. The van der Waals surface area contributed by atoms with Gasteiger partial charge in [0.15, 0.2) is 9.84 Å². The molecule has 3 rings (SSSR count). The Bertz CT molecular complexity index is 1010. The van der Waals surface area contributed by atoms with Crippen LogP contribution >= 0.6 is 11.6 Å². The molecule has 0 bridgehead atoms. The lowest BCUT2D eigenvalue weighted by molar-refractivity contribution is 0.0204. The molecule has 2 unspecified atom stereocenters. The van der Waals surface area contributed by atoms with Gasteiger partial charge in [0.05, 0.1) is 10.9 Å². The Kier molecular flexibility index (Phi) is 7.46. The molecule has 2 aromatic rings. The zero-order valence-electron chi connectivity index (χ0n) is 17.6. The third-order valence-corrected chi connectivity index (χ3v) is 6.85. The molecular formula is C22H27ClN2O5S. The summed E-state index contributed by atoms with van der Waals surface area (Å²) in [6.07, 6.45) is 0.996. The highest BCUT2D eigenvalue weighted by molar-refractivity contribution is 7.90. The van der Waals surface area contributed by atoms with E-state index in [1.807, 2.05) is 31.2 Å². The number of amides is 1. The lowest BCUT2D eigenvalue weighted by Crippen LogP contribution is -2.60. The summed E-state index contributed by atoms with van der Waals surface area (Å²) in [5, 5.41) is 10.3. The summed E-state index contributed by atoms with van der Waals surface area (Å²) < 4.78 is 29.0.